The zero-order valence-electron chi connectivity index (χ0n) is 10.6. The Labute approximate surface area is 139 Å². The van der Waals surface area contributed by atoms with E-state index in [0.29, 0.717) is 15.0 Å². The predicted molar refractivity (Wildman–Crippen MR) is 81.8 cm³/mol. The summed E-state index contributed by atoms with van der Waals surface area (Å²) in [4.78, 5) is 4.06. The Kier molecular flexibility index (Phi) is 4.19. The molecule has 0 radical (unpaired) electrons. The Hall–Kier alpha value is -1.10. The monoisotopic (exact) mass is 409 g/mol. The van der Waals surface area contributed by atoms with Crippen LogP contribution < -0.4 is 0 Å². The number of pyridine rings is 1. The summed E-state index contributed by atoms with van der Waals surface area (Å²) in [5.74, 6) is 0.177. The number of hydrogen-bond acceptors (Lipinski definition) is 5. The van der Waals surface area contributed by atoms with Crippen molar-refractivity contribution in [1.29, 1.82) is 0 Å². The summed E-state index contributed by atoms with van der Waals surface area (Å²) >= 11 is 4.08. The topological polar surface area (TPSA) is 50.4 Å². The molecule has 0 amide bonds. The molecule has 0 atom stereocenters. The van der Waals surface area contributed by atoms with Crippen molar-refractivity contribution in [1.82, 2.24) is 13.8 Å². The number of fused-ring (bicyclic) bond motifs is 1. The smallest absolute Gasteiger partial charge is 0.389 e. The van der Waals surface area contributed by atoms with Gasteiger partial charge in [0.15, 0.2) is 5.82 Å². The molecule has 0 spiro atoms. The van der Waals surface area contributed by atoms with Gasteiger partial charge in [-0.15, -0.1) is 0 Å². The molecule has 22 heavy (non-hydrogen) atoms. The highest BCUT2D eigenvalue weighted by atomic mass is 79.9. The molecule has 116 valence electrons. The molecule has 0 aliphatic carbocycles. The largest absolute Gasteiger partial charge is 0.447 e. The lowest BCUT2D eigenvalue weighted by atomic mass is 10.3. The SMILES string of the molecule is OCc1nc(-c2cc3c(Br)cccn3c2SC(F)(F)F)ns1. The third kappa shape index (κ3) is 3.00. The van der Waals surface area contributed by atoms with Gasteiger partial charge in [-0.2, -0.15) is 17.5 Å². The van der Waals surface area contributed by atoms with Gasteiger partial charge < -0.3 is 9.51 Å². The minimum atomic E-state index is -4.43. The summed E-state index contributed by atoms with van der Waals surface area (Å²) in [6.07, 6.45) is 1.55. The second-order valence-electron chi connectivity index (χ2n) is 4.19. The van der Waals surface area contributed by atoms with E-state index in [4.69, 9.17) is 5.11 Å². The van der Waals surface area contributed by atoms with E-state index in [1.54, 1.807) is 24.4 Å². The van der Waals surface area contributed by atoms with Gasteiger partial charge in [0.2, 0.25) is 0 Å². The molecule has 0 saturated heterocycles. The van der Waals surface area contributed by atoms with Gasteiger partial charge in [0, 0.05) is 22.4 Å². The lowest BCUT2D eigenvalue weighted by molar-refractivity contribution is -0.0329. The second kappa shape index (κ2) is 5.84. The lowest BCUT2D eigenvalue weighted by Gasteiger charge is -2.08. The Morgan fingerprint density at radius 3 is 2.82 bits per heavy atom. The molecule has 3 rings (SSSR count). The summed E-state index contributed by atoms with van der Waals surface area (Å²) in [6, 6.07) is 4.99. The van der Waals surface area contributed by atoms with E-state index in [0.717, 1.165) is 11.5 Å². The number of rotatable bonds is 3. The second-order valence-corrected chi connectivity index (χ2v) is 6.94. The van der Waals surface area contributed by atoms with Gasteiger partial charge in [-0.25, -0.2) is 4.98 Å². The van der Waals surface area contributed by atoms with Gasteiger partial charge in [-0.05, 0) is 45.7 Å². The average molecular weight is 410 g/mol. The van der Waals surface area contributed by atoms with E-state index >= 15 is 0 Å². The fraction of sp³-hybridized carbons (Fsp3) is 0.167. The number of thioether (sulfide) groups is 1. The van der Waals surface area contributed by atoms with Crippen molar-refractivity contribution in [2.45, 2.75) is 17.1 Å². The number of aliphatic hydroxyl groups is 1. The molecule has 0 aromatic carbocycles. The van der Waals surface area contributed by atoms with Crippen LogP contribution in [0.15, 0.2) is 33.9 Å². The zero-order valence-corrected chi connectivity index (χ0v) is 13.9. The van der Waals surface area contributed by atoms with Crippen LogP contribution in [0.3, 0.4) is 0 Å². The predicted octanol–water partition coefficient (Wildman–Crippen LogP) is 4.32. The van der Waals surface area contributed by atoms with E-state index in [1.165, 1.54) is 4.40 Å². The molecule has 10 heteroatoms. The minimum absolute atomic E-state index is 0.00825. The summed E-state index contributed by atoms with van der Waals surface area (Å²) in [7, 11) is 0. The summed E-state index contributed by atoms with van der Waals surface area (Å²) in [5, 5.41) is 9.39. The Morgan fingerprint density at radius 1 is 1.41 bits per heavy atom. The molecule has 0 unspecified atom stereocenters. The number of nitrogens with zero attached hydrogens (tertiary/aromatic N) is 3. The van der Waals surface area contributed by atoms with Crippen molar-refractivity contribution >= 4 is 44.7 Å². The van der Waals surface area contributed by atoms with Crippen molar-refractivity contribution in [3.05, 3.63) is 33.9 Å². The highest BCUT2D eigenvalue weighted by Crippen LogP contribution is 2.43. The summed E-state index contributed by atoms with van der Waals surface area (Å²) < 4.78 is 44.8. The molecule has 0 aliphatic heterocycles. The quantitative estimate of drug-likeness (QED) is 0.654. The Bertz CT molecular complexity index is 831. The van der Waals surface area contributed by atoms with Gasteiger partial charge in [-0.1, -0.05) is 0 Å². The van der Waals surface area contributed by atoms with Crippen LogP contribution in [-0.2, 0) is 6.61 Å². The van der Waals surface area contributed by atoms with Crippen LogP contribution in [0.25, 0.3) is 16.9 Å². The first-order chi connectivity index (χ1) is 10.4. The van der Waals surface area contributed by atoms with Gasteiger partial charge >= 0.3 is 5.51 Å². The van der Waals surface area contributed by atoms with E-state index in [1.807, 2.05) is 0 Å². The number of hydrogen-bond donors (Lipinski definition) is 1. The summed E-state index contributed by atoms with van der Waals surface area (Å²) in [5.41, 5.74) is -3.56. The van der Waals surface area contributed by atoms with Crippen molar-refractivity contribution in [3.63, 3.8) is 0 Å². The first kappa shape index (κ1) is 15.8. The number of halogens is 4. The van der Waals surface area contributed by atoms with E-state index in [9.17, 15) is 13.2 Å². The van der Waals surface area contributed by atoms with E-state index in [2.05, 4.69) is 25.3 Å². The van der Waals surface area contributed by atoms with Gasteiger partial charge in [0.25, 0.3) is 0 Å². The Morgan fingerprint density at radius 2 is 2.18 bits per heavy atom. The first-order valence-corrected chi connectivity index (χ1v) is 8.26. The maximum absolute atomic E-state index is 12.9. The molecule has 3 aromatic heterocycles. The van der Waals surface area contributed by atoms with Gasteiger partial charge in [-0.3, -0.25) is 0 Å². The highest BCUT2D eigenvalue weighted by molar-refractivity contribution is 9.10. The minimum Gasteiger partial charge on any atom is -0.389 e. The van der Waals surface area contributed by atoms with Crippen LogP contribution in [0.1, 0.15) is 5.01 Å². The third-order valence-corrected chi connectivity index (χ3v) is 4.98. The molecule has 0 aliphatic rings. The number of aliphatic hydroxyl groups excluding tert-OH is 1. The molecule has 4 nitrogen and oxygen atoms in total. The first-order valence-electron chi connectivity index (χ1n) is 5.88. The fourth-order valence-corrected chi connectivity index (χ4v) is 3.65. The van der Waals surface area contributed by atoms with Gasteiger partial charge in [0.05, 0.1) is 22.7 Å². The third-order valence-electron chi connectivity index (χ3n) is 2.77. The fourth-order valence-electron chi connectivity index (χ4n) is 1.94. The molecule has 1 N–H and O–H groups in total. The van der Waals surface area contributed by atoms with Crippen LogP contribution in [0.5, 0.6) is 0 Å². The van der Waals surface area contributed by atoms with Crippen LogP contribution >= 0.6 is 39.2 Å². The molecule has 0 saturated carbocycles. The van der Waals surface area contributed by atoms with Crippen molar-refractivity contribution in [2.24, 2.45) is 0 Å². The van der Waals surface area contributed by atoms with Crippen LogP contribution in [-0.4, -0.2) is 24.4 Å². The molecule has 0 bridgehead atoms. The van der Waals surface area contributed by atoms with Crippen molar-refractivity contribution in [2.75, 3.05) is 0 Å². The zero-order chi connectivity index (χ0) is 15.9. The van der Waals surface area contributed by atoms with Crippen LogP contribution in [0, 0.1) is 0 Å². The van der Waals surface area contributed by atoms with Crippen molar-refractivity contribution < 1.29 is 18.3 Å². The maximum atomic E-state index is 12.9. The van der Waals surface area contributed by atoms with Crippen LogP contribution in [0.4, 0.5) is 13.2 Å². The lowest BCUT2D eigenvalue weighted by Crippen LogP contribution is -2.02. The summed E-state index contributed by atoms with van der Waals surface area (Å²) in [6.45, 7) is -0.295. The molecule has 3 heterocycles. The molecule has 3 aromatic rings. The van der Waals surface area contributed by atoms with E-state index in [-0.39, 0.29) is 34.8 Å². The van der Waals surface area contributed by atoms with Crippen LogP contribution in [0.2, 0.25) is 0 Å². The van der Waals surface area contributed by atoms with Crippen molar-refractivity contribution in [3.8, 4) is 11.4 Å². The molecular weight excluding hydrogens is 403 g/mol. The maximum Gasteiger partial charge on any atom is 0.447 e. The molecule has 0 fully saturated rings. The highest BCUT2D eigenvalue weighted by Gasteiger charge is 2.33. The average Bonchev–Trinajstić information content (AvgIpc) is 3.03. The molecular formula is C12H7BrF3N3OS2. The van der Waals surface area contributed by atoms with E-state index < -0.39 is 5.51 Å². The number of aromatic nitrogens is 3. The number of alkyl halides is 3. The standard InChI is InChI=1S/C12H7BrF3N3OS2/c13-7-2-1-3-19-8(7)4-6(11(19)21-12(14,15)16)10-17-9(5-20)22-18-10/h1-4,20H,5H2. The normalized spacial score (nSPS) is 12.2. The van der Waals surface area contributed by atoms with Gasteiger partial charge in [0.1, 0.15) is 5.01 Å². The Balaban J connectivity index is 2.23.